The van der Waals surface area contributed by atoms with Crippen LogP contribution in [-0.4, -0.2) is 31.4 Å². The normalized spacial score (nSPS) is 21.2. The van der Waals surface area contributed by atoms with E-state index in [9.17, 15) is 9.59 Å². The second kappa shape index (κ2) is 10.9. The van der Waals surface area contributed by atoms with Crippen molar-refractivity contribution >= 4 is 24.2 Å². The van der Waals surface area contributed by atoms with Crippen LogP contribution in [0, 0.1) is 11.8 Å². The summed E-state index contributed by atoms with van der Waals surface area (Å²) in [6, 6.07) is 0. The third kappa shape index (κ3) is 6.57. The number of primary amides is 1. The van der Waals surface area contributed by atoms with Gasteiger partial charge in [0.25, 0.3) is 0 Å². The van der Waals surface area contributed by atoms with Crippen molar-refractivity contribution in [1.82, 2.24) is 10.6 Å². The topological polar surface area (TPSA) is 84.2 Å². The molecule has 2 amide bonds. The van der Waals surface area contributed by atoms with Crippen molar-refractivity contribution in [3.63, 3.8) is 0 Å². The van der Waals surface area contributed by atoms with Crippen LogP contribution in [0.3, 0.4) is 0 Å². The van der Waals surface area contributed by atoms with Gasteiger partial charge in [-0.3, -0.25) is 9.59 Å². The van der Waals surface area contributed by atoms with Gasteiger partial charge < -0.3 is 16.4 Å². The molecule has 1 heterocycles. The molecule has 1 saturated heterocycles. The van der Waals surface area contributed by atoms with Gasteiger partial charge >= 0.3 is 0 Å². The highest BCUT2D eigenvalue weighted by Crippen LogP contribution is 2.16. The van der Waals surface area contributed by atoms with Crippen LogP contribution in [0.4, 0.5) is 0 Å². The Morgan fingerprint density at radius 3 is 2.35 bits per heavy atom. The van der Waals surface area contributed by atoms with Crippen LogP contribution in [0.5, 0.6) is 0 Å². The molecule has 0 saturated carbocycles. The number of amides is 2. The molecule has 0 spiro atoms. The summed E-state index contributed by atoms with van der Waals surface area (Å²) in [5, 5.41) is 5.96. The molecule has 0 aliphatic carbocycles. The monoisotopic (exact) mass is 305 g/mol. The van der Waals surface area contributed by atoms with Crippen LogP contribution < -0.4 is 16.4 Å². The number of nitrogens with one attached hydrogen (secondary N) is 2. The van der Waals surface area contributed by atoms with Crippen LogP contribution in [-0.2, 0) is 9.59 Å². The first-order valence-electron chi connectivity index (χ1n) is 7.44. The Hall–Kier alpha value is -0.810. The summed E-state index contributed by atoms with van der Waals surface area (Å²) in [5.74, 6) is -1.07. The highest BCUT2D eigenvalue weighted by molar-refractivity contribution is 5.87. The van der Waals surface area contributed by atoms with E-state index >= 15 is 0 Å². The van der Waals surface area contributed by atoms with Crippen LogP contribution >= 0.6 is 12.4 Å². The van der Waals surface area contributed by atoms with E-state index < -0.39 is 0 Å². The van der Waals surface area contributed by atoms with Gasteiger partial charge in [0.2, 0.25) is 11.8 Å². The van der Waals surface area contributed by atoms with Gasteiger partial charge in [-0.2, -0.15) is 0 Å². The van der Waals surface area contributed by atoms with Crippen molar-refractivity contribution in [3.05, 3.63) is 0 Å². The maximum absolute atomic E-state index is 11.9. The van der Waals surface area contributed by atoms with E-state index in [2.05, 4.69) is 17.6 Å². The summed E-state index contributed by atoms with van der Waals surface area (Å²) in [7, 11) is 0. The lowest BCUT2D eigenvalue weighted by molar-refractivity contribution is -0.131. The zero-order valence-corrected chi connectivity index (χ0v) is 13.1. The van der Waals surface area contributed by atoms with Gasteiger partial charge in [-0.05, 0) is 6.42 Å². The molecule has 5 nitrogen and oxygen atoms in total. The average Bonchev–Trinajstić information content (AvgIpc) is 2.87. The van der Waals surface area contributed by atoms with Crippen molar-refractivity contribution in [3.8, 4) is 0 Å². The van der Waals surface area contributed by atoms with Gasteiger partial charge in [-0.1, -0.05) is 39.0 Å². The molecular formula is C14H28ClN3O2. The minimum absolute atomic E-state index is 0. The van der Waals surface area contributed by atoms with Crippen LogP contribution in [0.15, 0.2) is 0 Å². The minimum atomic E-state index is -0.385. The highest BCUT2D eigenvalue weighted by atomic mass is 35.5. The Morgan fingerprint density at radius 1 is 1.10 bits per heavy atom. The molecule has 1 aliphatic rings. The zero-order chi connectivity index (χ0) is 14.1. The van der Waals surface area contributed by atoms with Crippen molar-refractivity contribution in [1.29, 1.82) is 0 Å². The molecule has 1 rings (SSSR count). The first-order valence-corrected chi connectivity index (χ1v) is 7.44. The van der Waals surface area contributed by atoms with E-state index in [1.165, 1.54) is 25.7 Å². The molecule has 20 heavy (non-hydrogen) atoms. The predicted molar refractivity (Wildman–Crippen MR) is 82.7 cm³/mol. The van der Waals surface area contributed by atoms with Crippen molar-refractivity contribution in [2.75, 3.05) is 19.6 Å². The fourth-order valence-corrected chi connectivity index (χ4v) is 2.50. The molecule has 2 unspecified atom stereocenters. The fraction of sp³-hybridized carbons (Fsp3) is 0.857. The lowest BCUT2D eigenvalue weighted by Crippen LogP contribution is -2.39. The zero-order valence-electron chi connectivity index (χ0n) is 12.3. The molecule has 0 aromatic carbocycles. The van der Waals surface area contributed by atoms with E-state index in [1.54, 1.807) is 0 Å². The molecule has 1 aliphatic heterocycles. The molecule has 0 aromatic rings. The third-order valence-electron chi connectivity index (χ3n) is 3.75. The second-order valence-electron chi connectivity index (χ2n) is 5.33. The SMILES string of the molecule is CCCCCCCCNC(=O)C1CNCC1C(N)=O.Cl. The average molecular weight is 306 g/mol. The molecule has 0 aromatic heterocycles. The third-order valence-corrected chi connectivity index (χ3v) is 3.75. The molecule has 4 N–H and O–H groups in total. The maximum atomic E-state index is 11.9. The van der Waals surface area contributed by atoms with E-state index in [4.69, 9.17) is 5.73 Å². The summed E-state index contributed by atoms with van der Waals surface area (Å²) >= 11 is 0. The van der Waals surface area contributed by atoms with Gasteiger partial charge in [0.05, 0.1) is 11.8 Å². The van der Waals surface area contributed by atoms with Gasteiger partial charge in [-0.15, -0.1) is 12.4 Å². The highest BCUT2D eigenvalue weighted by Gasteiger charge is 2.36. The maximum Gasteiger partial charge on any atom is 0.225 e. The number of hydrogen-bond donors (Lipinski definition) is 3. The summed E-state index contributed by atoms with van der Waals surface area (Å²) in [4.78, 5) is 23.1. The van der Waals surface area contributed by atoms with Crippen LogP contribution in [0.1, 0.15) is 45.4 Å². The van der Waals surface area contributed by atoms with Crippen molar-refractivity contribution in [2.24, 2.45) is 17.6 Å². The molecule has 0 bridgehead atoms. The van der Waals surface area contributed by atoms with Gasteiger partial charge in [-0.25, -0.2) is 0 Å². The lowest BCUT2D eigenvalue weighted by atomic mass is 9.94. The quantitative estimate of drug-likeness (QED) is 0.560. The van der Waals surface area contributed by atoms with Crippen molar-refractivity contribution < 1.29 is 9.59 Å². The van der Waals surface area contributed by atoms with E-state index in [0.29, 0.717) is 19.6 Å². The summed E-state index contributed by atoms with van der Waals surface area (Å²) < 4.78 is 0. The number of carbonyl (C=O) groups excluding carboxylic acids is 2. The number of nitrogens with two attached hydrogens (primary N) is 1. The van der Waals surface area contributed by atoms with E-state index in [-0.39, 0.29) is 36.1 Å². The molecule has 0 radical (unpaired) electrons. The van der Waals surface area contributed by atoms with Crippen molar-refractivity contribution in [2.45, 2.75) is 45.4 Å². The van der Waals surface area contributed by atoms with Gasteiger partial charge in [0.1, 0.15) is 0 Å². The van der Waals surface area contributed by atoms with Crippen LogP contribution in [0.25, 0.3) is 0 Å². The number of halogens is 1. The van der Waals surface area contributed by atoms with E-state index in [1.807, 2.05) is 0 Å². The Labute approximate surface area is 127 Å². The minimum Gasteiger partial charge on any atom is -0.369 e. The standard InChI is InChI=1S/C14H27N3O2.ClH/c1-2-3-4-5-6-7-8-17-14(19)12-10-16-9-11(12)13(15)18;/h11-12,16H,2-10H2,1H3,(H2,15,18)(H,17,19);1H. The number of hydrogen-bond acceptors (Lipinski definition) is 3. The van der Waals surface area contributed by atoms with Gasteiger partial charge in [0.15, 0.2) is 0 Å². The Kier molecular flexibility index (Phi) is 10.5. The summed E-state index contributed by atoms with van der Waals surface area (Å²) in [6.45, 7) is 3.97. The number of rotatable bonds is 9. The largest absolute Gasteiger partial charge is 0.369 e. The molecular weight excluding hydrogens is 278 g/mol. The first-order chi connectivity index (χ1) is 9.16. The molecule has 1 fully saturated rings. The smallest absolute Gasteiger partial charge is 0.225 e. The first kappa shape index (κ1) is 19.2. The number of unbranched alkanes of at least 4 members (excludes halogenated alkanes) is 5. The fourth-order valence-electron chi connectivity index (χ4n) is 2.50. The van der Waals surface area contributed by atoms with Gasteiger partial charge in [0, 0.05) is 19.6 Å². The predicted octanol–water partition coefficient (Wildman–Crippen LogP) is 1.21. The molecule has 6 heteroatoms. The van der Waals surface area contributed by atoms with Crippen LogP contribution in [0.2, 0.25) is 0 Å². The molecule has 2 atom stereocenters. The van der Waals surface area contributed by atoms with E-state index in [0.717, 1.165) is 12.8 Å². The lowest BCUT2D eigenvalue weighted by Gasteiger charge is -2.15. The Bertz CT molecular complexity index is 300. The summed E-state index contributed by atoms with van der Waals surface area (Å²) in [5.41, 5.74) is 5.29. The Balaban J connectivity index is 0.00000361. The molecule has 118 valence electrons. The Morgan fingerprint density at radius 2 is 1.70 bits per heavy atom. The summed E-state index contributed by atoms with van der Waals surface area (Å²) in [6.07, 6.45) is 7.22. The second-order valence-corrected chi connectivity index (χ2v) is 5.33. The number of carbonyl (C=O) groups is 2.